The summed E-state index contributed by atoms with van der Waals surface area (Å²) in [6, 6.07) is 14.0. The molecule has 6 nitrogen and oxygen atoms in total. The number of carbonyl (C=O) groups excluding carboxylic acids is 1. The van der Waals surface area contributed by atoms with Crippen molar-refractivity contribution in [1.29, 1.82) is 0 Å². The zero-order valence-corrected chi connectivity index (χ0v) is 20.2. The van der Waals surface area contributed by atoms with E-state index < -0.39 is 0 Å². The van der Waals surface area contributed by atoms with Crippen LogP contribution < -0.4 is 10.9 Å². The summed E-state index contributed by atoms with van der Waals surface area (Å²) in [5.74, 6) is 0.622. The van der Waals surface area contributed by atoms with Crippen LogP contribution in [0.5, 0.6) is 0 Å². The third kappa shape index (κ3) is 5.25. The maximum Gasteiger partial charge on any atom is 0.407 e. The second kappa shape index (κ2) is 10.5. The minimum absolute atomic E-state index is 0.0731. The lowest BCUT2D eigenvalue weighted by Crippen LogP contribution is -2.44. The van der Waals surface area contributed by atoms with Gasteiger partial charge in [-0.15, -0.1) is 0 Å². The van der Waals surface area contributed by atoms with Crippen molar-refractivity contribution in [2.45, 2.75) is 44.6 Å². The molecule has 4 atom stereocenters. The Kier molecular flexibility index (Phi) is 6.98. The summed E-state index contributed by atoms with van der Waals surface area (Å²) in [6.45, 7) is 2.15. The minimum atomic E-state index is -0.366. The zero-order valence-electron chi connectivity index (χ0n) is 20.2. The molecule has 2 aromatic heterocycles. The summed E-state index contributed by atoms with van der Waals surface area (Å²) in [4.78, 5) is 31.6. The molecule has 2 heterocycles. The molecule has 0 bridgehead atoms. The molecule has 0 aliphatic heterocycles. The average Bonchev–Trinajstić information content (AvgIpc) is 2.87. The largest absolute Gasteiger partial charge is 0.450 e. The zero-order chi connectivity index (χ0) is 25.1. The van der Waals surface area contributed by atoms with Crippen molar-refractivity contribution < 1.29 is 13.9 Å². The summed E-state index contributed by atoms with van der Waals surface area (Å²) in [5, 5.41) is 3.00. The summed E-state index contributed by atoms with van der Waals surface area (Å²) in [6.07, 6.45) is 9.13. The normalized spacial score (nSPS) is 23.1. The number of allylic oxidation sites excluding steroid dienone is 1. The topological polar surface area (TPSA) is 84.1 Å². The van der Waals surface area contributed by atoms with Gasteiger partial charge in [0, 0.05) is 35.5 Å². The highest BCUT2D eigenvalue weighted by Crippen LogP contribution is 2.47. The van der Waals surface area contributed by atoms with Crippen LogP contribution in [0.2, 0.25) is 0 Å². The fraction of sp³-hybridized carbons (Fsp3) is 0.345. The molecular formula is C29H30FN3O3. The van der Waals surface area contributed by atoms with Crippen molar-refractivity contribution in [3.63, 3.8) is 0 Å². The number of nitrogens with one attached hydrogen (secondary N) is 2. The van der Waals surface area contributed by atoms with E-state index in [1.54, 1.807) is 25.3 Å². The highest BCUT2D eigenvalue weighted by molar-refractivity contribution is 5.67. The highest BCUT2D eigenvalue weighted by atomic mass is 19.1. The Bertz CT molecular complexity index is 1320. The molecule has 1 saturated carbocycles. The molecule has 2 aliphatic carbocycles. The lowest BCUT2D eigenvalue weighted by Gasteiger charge is -2.43. The number of halogens is 1. The first-order valence-electron chi connectivity index (χ1n) is 12.6. The number of hydrogen-bond donors (Lipinski definition) is 2. The number of alkyl carbamates (subject to hydrolysis) is 1. The van der Waals surface area contributed by atoms with E-state index in [1.807, 2.05) is 30.3 Å². The molecule has 7 heteroatoms. The van der Waals surface area contributed by atoms with Crippen LogP contribution in [0.15, 0.2) is 65.6 Å². The molecule has 36 heavy (non-hydrogen) atoms. The van der Waals surface area contributed by atoms with Gasteiger partial charge in [-0.3, -0.25) is 9.78 Å². The van der Waals surface area contributed by atoms with Crippen LogP contribution in [0.1, 0.15) is 49.1 Å². The Labute approximate surface area is 209 Å². The fourth-order valence-electron chi connectivity index (χ4n) is 5.76. The van der Waals surface area contributed by atoms with Gasteiger partial charge in [-0.1, -0.05) is 30.3 Å². The number of H-pyrrole nitrogens is 1. The Hall–Kier alpha value is -3.74. The van der Waals surface area contributed by atoms with E-state index in [0.29, 0.717) is 18.4 Å². The number of hydrogen-bond acceptors (Lipinski definition) is 4. The molecule has 0 saturated heterocycles. The van der Waals surface area contributed by atoms with Crippen molar-refractivity contribution in [3.8, 4) is 11.1 Å². The number of nitrogens with zero attached hydrogens (tertiary/aromatic N) is 1. The van der Waals surface area contributed by atoms with E-state index >= 15 is 0 Å². The molecule has 186 valence electrons. The number of benzene rings is 1. The summed E-state index contributed by atoms with van der Waals surface area (Å²) in [5.41, 5.74) is 4.51. The van der Waals surface area contributed by atoms with Gasteiger partial charge in [0.25, 0.3) is 0 Å². The number of pyridine rings is 2. The molecule has 1 fully saturated rings. The molecule has 2 aliphatic rings. The summed E-state index contributed by atoms with van der Waals surface area (Å²) < 4.78 is 18.7. The van der Waals surface area contributed by atoms with Gasteiger partial charge >= 0.3 is 6.09 Å². The summed E-state index contributed by atoms with van der Waals surface area (Å²) >= 11 is 0. The third-order valence-electron chi connectivity index (χ3n) is 7.38. The van der Waals surface area contributed by atoms with E-state index in [1.165, 1.54) is 12.1 Å². The molecule has 0 unspecified atom stereocenters. The predicted molar refractivity (Wildman–Crippen MR) is 137 cm³/mol. The van der Waals surface area contributed by atoms with Gasteiger partial charge in [-0.05, 0) is 79.8 Å². The average molecular weight is 488 g/mol. The second-order valence-electron chi connectivity index (χ2n) is 9.63. The smallest absolute Gasteiger partial charge is 0.407 e. The second-order valence-corrected chi connectivity index (χ2v) is 9.63. The molecule has 0 radical (unpaired) electrons. The van der Waals surface area contributed by atoms with Crippen LogP contribution in [0.4, 0.5) is 9.18 Å². The van der Waals surface area contributed by atoms with Crippen LogP contribution in [-0.2, 0) is 11.2 Å². The number of fused-ring (bicyclic) bond motifs is 2. The number of rotatable bonds is 5. The molecule has 2 N–H and O–H groups in total. The Balaban J connectivity index is 1.37. The maximum absolute atomic E-state index is 13.6. The van der Waals surface area contributed by atoms with Crippen molar-refractivity contribution in [3.05, 3.63) is 93.9 Å². The van der Waals surface area contributed by atoms with Crippen LogP contribution >= 0.6 is 0 Å². The lowest BCUT2D eigenvalue weighted by atomic mass is 9.63. The third-order valence-corrected chi connectivity index (χ3v) is 7.38. The Morgan fingerprint density at radius 1 is 1.19 bits per heavy atom. The van der Waals surface area contributed by atoms with Crippen LogP contribution in [0.3, 0.4) is 0 Å². The first-order valence-corrected chi connectivity index (χ1v) is 12.6. The standard InChI is InChI=1S/C29H30FN3O3/c1-2-36-29(35)32-23-9-10-24-20(15-23)16-27-26(12-13-28(34)33-27)25(24)11-8-22-7-6-19(17-31-22)18-4-3-5-21(30)14-18/h3-8,11-14,17,20,23-25H,2,9-10,15-16H2,1H3,(H,32,35)(H,33,34)/b11-8+/t20-,23-,24+,25-/m0/s1. The van der Waals surface area contributed by atoms with Gasteiger partial charge in [-0.25, -0.2) is 9.18 Å². The number of carbonyl (C=O) groups is 1. The molecule has 3 aromatic rings. The maximum atomic E-state index is 13.6. The van der Waals surface area contributed by atoms with Crippen molar-refractivity contribution in [2.24, 2.45) is 11.8 Å². The molecule has 1 amide bonds. The van der Waals surface area contributed by atoms with Gasteiger partial charge in [0.05, 0.1) is 12.3 Å². The van der Waals surface area contributed by atoms with Gasteiger partial charge in [0.2, 0.25) is 5.56 Å². The molecular weight excluding hydrogens is 457 g/mol. The summed E-state index contributed by atoms with van der Waals surface area (Å²) in [7, 11) is 0. The number of amides is 1. The lowest BCUT2D eigenvalue weighted by molar-refractivity contribution is 0.128. The first kappa shape index (κ1) is 24.0. The van der Waals surface area contributed by atoms with E-state index in [4.69, 9.17) is 4.74 Å². The van der Waals surface area contributed by atoms with Gasteiger partial charge in [0.15, 0.2) is 0 Å². The van der Waals surface area contributed by atoms with E-state index in [2.05, 4.69) is 21.4 Å². The predicted octanol–water partition coefficient (Wildman–Crippen LogP) is 5.46. The van der Waals surface area contributed by atoms with Crippen LogP contribution in [0.25, 0.3) is 17.2 Å². The number of aromatic nitrogens is 2. The van der Waals surface area contributed by atoms with Crippen LogP contribution in [0, 0.1) is 17.7 Å². The first-order chi connectivity index (χ1) is 17.5. The van der Waals surface area contributed by atoms with E-state index in [-0.39, 0.29) is 29.4 Å². The monoisotopic (exact) mass is 487 g/mol. The molecule has 5 rings (SSSR count). The van der Waals surface area contributed by atoms with E-state index in [9.17, 15) is 14.0 Å². The molecule has 1 aromatic carbocycles. The van der Waals surface area contributed by atoms with Gasteiger partial charge < -0.3 is 15.0 Å². The number of aromatic amines is 1. The Morgan fingerprint density at radius 3 is 2.86 bits per heavy atom. The fourth-order valence-corrected chi connectivity index (χ4v) is 5.76. The van der Waals surface area contributed by atoms with Crippen LogP contribution in [-0.4, -0.2) is 28.7 Å². The minimum Gasteiger partial charge on any atom is -0.450 e. The van der Waals surface area contributed by atoms with Crippen molar-refractivity contribution in [1.82, 2.24) is 15.3 Å². The SMILES string of the molecule is CCOC(=O)N[C@H]1CC[C@@H]2[C@H](Cc3[nH]c(=O)ccc3[C@H]2/C=C/c2ccc(-c3cccc(F)c3)cn2)C1. The van der Waals surface area contributed by atoms with Crippen molar-refractivity contribution >= 4 is 12.2 Å². The van der Waals surface area contributed by atoms with Crippen molar-refractivity contribution in [2.75, 3.05) is 6.61 Å². The van der Waals surface area contributed by atoms with E-state index in [0.717, 1.165) is 53.8 Å². The molecule has 0 spiro atoms. The van der Waals surface area contributed by atoms with Gasteiger partial charge in [0.1, 0.15) is 5.82 Å². The number of ether oxygens (including phenoxy) is 1. The quantitative estimate of drug-likeness (QED) is 0.501. The van der Waals surface area contributed by atoms with Gasteiger partial charge in [-0.2, -0.15) is 0 Å². The highest BCUT2D eigenvalue weighted by Gasteiger charge is 2.40. The Morgan fingerprint density at radius 2 is 2.08 bits per heavy atom.